The van der Waals surface area contributed by atoms with E-state index in [2.05, 4.69) is 10.1 Å². The minimum Gasteiger partial charge on any atom is -0.361 e. The lowest BCUT2D eigenvalue weighted by atomic mass is 10.1. The Morgan fingerprint density at radius 3 is 2.56 bits per heavy atom. The monoisotopic (exact) mass is 458 g/mol. The second kappa shape index (κ2) is 8.81. The molecule has 1 aliphatic heterocycles. The van der Waals surface area contributed by atoms with E-state index >= 15 is 0 Å². The highest BCUT2D eigenvalue weighted by Gasteiger charge is 2.26. The Bertz CT molecular complexity index is 1380. The van der Waals surface area contributed by atoms with E-state index in [1.807, 2.05) is 30.5 Å². The Kier molecular flexibility index (Phi) is 5.54. The largest absolute Gasteiger partial charge is 0.361 e. The number of amides is 2. The number of hydrogen-bond acceptors (Lipinski definition) is 5. The topological polar surface area (TPSA) is 117 Å². The molecular formula is C24H22N6O4. The molecule has 10 nitrogen and oxygen atoms in total. The number of H-pyrrole nitrogens is 1. The number of para-hydroxylation sites is 1. The molecule has 3 heterocycles. The summed E-state index contributed by atoms with van der Waals surface area (Å²) in [5, 5.41) is 16.4. The predicted octanol–water partition coefficient (Wildman–Crippen LogP) is 2.79. The maximum absolute atomic E-state index is 12.9. The van der Waals surface area contributed by atoms with Crippen LogP contribution in [-0.4, -0.2) is 67.5 Å². The third-order valence-electron chi connectivity index (χ3n) is 6.05. The fourth-order valence-electron chi connectivity index (χ4n) is 4.20. The van der Waals surface area contributed by atoms with Crippen molar-refractivity contribution in [3.63, 3.8) is 0 Å². The highest BCUT2D eigenvalue weighted by atomic mass is 16.6. The summed E-state index contributed by atoms with van der Waals surface area (Å²) in [5.41, 5.74) is 2.68. The van der Waals surface area contributed by atoms with Crippen molar-refractivity contribution in [2.24, 2.45) is 0 Å². The smallest absolute Gasteiger partial charge is 0.274 e. The summed E-state index contributed by atoms with van der Waals surface area (Å²) in [7, 11) is 0. The maximum atomic E-state index is 12.9. The first-order valence-electron chi connectivity index (χ1n) is 10.9. The number of nitrogens with one attached hydrogen (secondary N) is 1. The summed E-state index contributed by atoms with van der Waals surface area (Å²) in [6.07, 6.45) is 3.79. The SMILES string of the molecule is O=C(Cc1c[nH]c2ccccc12)N1CCN(C(=O)c2ccn(-c3cccc([N+](=O)[O-])c3)n2)CC1. The summed E-state index contributed by atoms with van der Waals surface area (Å²) in [6, 6.07) is 15.5. The molecule has 1 fully saturated rings. The number of carbonyl (C=O) groups is 2. The quantitative estimate of drug-likeness (QED) is 0.365. The van der Waals surface area contributed by atoms with Crippen molar-refractivity contribution in [1.82, 2.24) is 24.6 Å². The van der Waals surface area contributed by atoms with Crippen molar-refractivity contribution in [3.8, 4) is 5.69 Å². The molecule has 1 aliphatic rings. The van der Waals surface area contributed by atoms with Gasteiger partial charge in [0.15, 0.2) is 5.69 Å². The van der Waals surface area contributed by atoms with Crippen LogP contribution >= 0.6 is 0 Å². The normalized spacial score (nSPS) is 13.9. The van der Waals surface area contributed by atoms with Crippen LogP contribution in [-0.2, 0) is 11.2 Å². The summed E-state index contributed by atoms with van der Waals surface area (Å²) in [6.45, 7) is 1.75. The highest BCUT2D eigenvalue weighted by Crippen LogP contribution is 2.20. The van der Waals surface area contributed by atoms with Gasteiger partial charge < -0.3 is 14.8 Å². The van der Waals surface area contributed by atoms with Crippen molar-refractivity contribution < 1.29 is 14.5 Å². The number of nitro benzene ring substituents is 1. The molecule has 2 amide bonds. The molecule has 10 heteroatoms. The van der Waals surface area contributed by atoms with Crippen LogP contribution in [0.2, 0.25) is 0 Å². The zero-order valence-electron chi connectivity index (χ0n) is 18.3. The number of fused-ring (bicyclic) bond motifs is 1. The van der Waals surface area contributed by atoms with Crippen LogP contribution in [0.1, 0.15) is 16.1 Å². The molecule has 172 valence electrons. The molecule has 1 saturated heterocycles. The number of aromatic amines is 1. The molecule has 0 spiro atoms. The second-order valence-electron chi connectivity index (χ2n) is 8.13. The van der Waals surface area contributed by atoms with Gasteiger partial charge in [-0.25, -0.2) is 4.68 Å². The minimum absolute atomic E-state index is 0.0341. The third-order valence-corrected chi connectivity index (χ3v) is 6.05. The third kappa shape index (κ3) is 4.13. The van der Waals surface area contributed by atoms with Crippen molar-refractivity contribution in [3.05, 3.63) is 88.4 Å². The summed E-state index contributed by atoms with van der Waals surface area (Å²) < 4.78 is 1.45. The van der Waals surface area contributed by atoms with Crippen molar-refractivity contribution in [1.29, 1.82) is 0 Å². The van der Waals surface area contributed by atoms with E-state index in [0.29, 0.717) is 38.3 Å². The average Bonchev–Trinajstić information content (AvgIpc) is 3.52. The molecule has 0 radical (unpaired) electrons. The van der Waals surface area contributed by atoms with Gasteiger partial charge in [0.2, 0.25) is 5.91 Å². The van der Waals surface area contributed by atoms with E-state index in [9.17, 15) is 19.7 Å². The summed E-state index contributed by atoms with van der Waals surface area (Å²) in [4.78, 5) is 43.0. The van der Waals surface area contributed by atoms with E-state index in [-0.39, 0.29) is 23.2 Å². The molecule has 0 aliphatic carbocycles. The molecule has 4 aromatic rings. The van der Waals surface area contributed by atoms with Crippen LogP contribution in [0.3, 0.4) is 0 Å². The number of carbonyl (C=O) groups excluding carboxylic acids is 2. The van der Waals surface area contributed by atoms with Gasteiger partial charge in [-0.2, -0.15) is 5.10 Å². The number of aromatic nitrogens is 3. The van der Waals surface area contributed by atoms with Crippen molar-refractivity contribution in [2.75, 3.05) is 26.2 Å². The number of rotatable bonds is 5. The fraction of sp³-hybridized carbons (Fsp3) is 0.208. The van der Waals surface area contributed by atoms with Gasteiger partial charge in [0.1, 0.15) is 0 Å². The van der Waals surface area contributed by atoms with E-state index in [0.717, 1.165) is 16.5 Å². The molecule has 34 heavy (non-hydrogen) atoms. The Morgan fingerprint density at radius 2 is 1.76 bits per heavy atom. The molecule has 0 unspecified atom stereocenters. The lowest BCUT2D eigenvalue weighted by molar-refractivity contribution is -0.384. The molecule has 1 N–H and O–H groups in total. The van der Waals surface area contributed by atoms with Crippen LogP contribution < -0.4 is 0 Å². The lowest BCUT2D eigenvalue weighted by Crippen LogP contribution is -2.51. The molecule has 0 atom stereocenters. The molecular weight excluding hydrogens is 436 g/mol. The Balaban J connectivity index is 1.20. The molecule has 2 aromatic carbocycles. The van der Waals surface area contributed by atoms with Gasteiger partial charge in [-0.15, -0.1) is 0 Å². The predicted molar refractivity (Wildman–Crippen MR) is 125 cm³/mol. The standard InChI is InChI=1S/C24H22N6O4/c31-23(14-17-16-25-21-7-2-1-6-20(17)21)27-10-12-28(13-11-27)24(32)22-8-9-29(26-22)18-4-3-5-19(15-18)30(33)34/h1-9,15-16,25H,10-14H2. The second-order valence-corrected chi connectivity index (χ2v) is 8.13. The van der Waals surface area contributed by atoms with Gasteiger partial charge in [0.05, 0.1) is 17.0 Å². The van der Waals surface area contributed by atoms with Gasteiger partial charge in [0, 0.05) is 61.6 Å². The number of hydrogen-bond donors (Lipinski definition) is 1. The summed E-state index contributed by atoms with van der Waals surface area (Å²) >= 11 is 0. The van der Waals surface area contributed by atoms with Gasteiger partial charge in [-0.05, 0) is 23.8 Å². The van der Waals surface area contributed by atoms with Gasteiger partial charge in [0.25, 0.3) is 11.6 Å². The van der Waals surface area contributed by atoms with Crippen LogP contribution in [0.25, 0.3) is 16.6 Å². The van der Waals surface area contributed by atoms with Crippen molar-refractivity contribution >= 4 is 28.4 Å². The van der Waals surface area contributed by atoms with E-state index < -0.39 is 4.92 Å². The number of nitrogens with zero attached hydrogens (tertiary/aromatic N) is 5. The van der Waals surface area contributed by atoms with Gasteiger partial charge >= 0.3 is 0 Å². The van der Waals surface area contributed by atoms with Crippen LogP contribution in [0.15, 0.2) is 67.0 Å². The minimum atomic E-state index is -0.474. The molecule has 0 bridgehead atoms. The van der Waals surface area contributed by atoms with Crippen LogP contribution in [0, 0.1) is 10.1 Å². The Morgan fingerprint density at radius 1 is 1.00 bits per heavy atom. The first-order chi connectivity index (χ1) is 16.5. The molecule has 5 rings (SSSR count). The zero-order valence-corrected chi connectivity index (χ0v) is 18.3. The number of nitro groups is 1. The fourth-order valence-corrected chi connectivity index (χ4v) is 4.20. The Hall–Kier alpha value is -4.47. The first-order valence-corrected chi connectivity index (χ1v) is 10.9. The van der Waals surface area contributed by atoms with E-state index in [1.54, 1.807) is 34.2 Å². The van der Waals surface area contributed by atoms with Gasteiger partial charge in [-0.1, -0.05) is 24.3 Å². The number of non-ortho nitro benzene ring substituents is 1. The zero-order chi connectivity index (χ0) is 23.7. The van der Waals surface area contributed by atoms with Crippen molar-refractivity contribution in [2.45, 2.75) is 6.42 Å². The first kappa shape index (κ1) is 21.4. The number of piperazine rings is 1. The lowest BCUT2D eigenvalue weighted by Gasteiger charge is -2.34. The van der Waals surface area contributed by atoms with Crippen LogP contribution in [0.5, 0.6) is 0 Å². The average molecular weight is 458 g/mol. The van der Waals surface area contributed by atoms with E-state index in [1.165, 1.54) is 16.8 Å². The highest BCUT2D eigenvalue weighted by molar-refractivity contribution is 5.93. The molecule has 2 aromatic heterocycles. The van der Waals surface area contributed by atoms with E-state index in [4.69, 9.17) is 0 Å². The van der Waals surface area contributed by atoms with Gasteiger partial charge in [-0.3, -0.25) is 19.7 Å². The molecule has 0 saturated carbocycles. The number of benzene rings is 2. The van der Waals surface area contributed by atoms with Crippen LogP contribution in [0.4, 0.5) is 5.69 Å². The Labute approximate surface area is 194 Å². The maximum Gasteiger partial charge on any atom is 0.274 e. The summed E-state index contributed by atoms with van der Waals surface area (Å²) in [5.74, 6) is -0.195.